The third-order valence-corrected chi connectivity index (χ3v) is 4.48. The van der Waals surface area contributed by atoms with Gasteiger partial charge in [0.15, 0.2) is 6.61 Å². The number of amides is 1. The van der Waals surface area contributed by atoms with Crippen LogP contribution in [-0.4, -0.2) is 29.7 Å². The number of thioether (sulfide) groups is 1. The van der Waals surface area contributed by atoms with Gasteiger partial charge in [0, 0.05) is 6.20 Å². The number of hydrogen-bond acceptors (Lipinski definition) is 5. The molecule has 1 aromatic carbocycles. The largest absolute Gasteiger partial charge is 0.452 e. The molecule has 138 valence electrons. The molecule has 2 aromatic rings. The summed E-state index contributed by atoms with van der Waals surface area (Å²) in [6.07, 6.45) is 4.26. The number of hydrogen-bond donors (Lipinski definition) is 1. The van der Waals surface area contributed by atoms with Gasteiger partial charge in [0.2, 0.25) is 0 Å². The van der Waals surface area contributed by atoms with E-state index in [0.29, 0.717) is 16.5 Å². The molecule has 1 heterocycles. The van der Waals surface area contributed by atoms with Crippen molar-refractivity contribution in [3.8, 4) is 0 Å². The summed E-state index contributed by atoms with van der Waals surface area (Å²) in [7, 11) is 0. The van der Waals surface area contributed by atoms with Gasteiger partial charge < -0.3 is 10.1 Å². The first-order chi connectivity index (χ1) is 12.5. The number of ether oxygens (including phenoxy) is 1. The Kier molecular flexibility index (Phi) is 7.66. The molecule has 0 saturated heterocycles. The lowest BCUT2D eigenvalue weighted by Crippen LogP contribution is -2.33. The molecule has 0 aliphatic rings. The molecule has 0 spiro atoms. The summed E-state index contributed by atoms with van der Waals surface area (Å²) in [4.78, 5) is 28.6. The van der Waals surface area contributed by atoms with Crippen LogP contribution in [0.15, 0.2) is 53.7 Å². The number of carbonyl (C=O) groups is 2. The van der Waals surface area contributed by atoms with Crippen molar-refractivity contribution in [1.82, 2.24) is 10.3 Å². The van der Waals surface area contributed by atoms with Crippen LogP contribution in [0, 0.1) is 5.92 Å². The van der Waals surface area contributed by atoms with E-state index in [4.69, 9.17) is 4.74 Å². The smallest absolute Gasteiger partial charge is 0.341 e. The van der Waals surface area contributed by atoms with Crippen LogP contribution in [0.4, 0.5) is 0 Å². The van der Waals surface area contributed by atoms with Crippen molar-refractivity contribution in [3.05, 3.63) is 59.8 Å². The van der Waals surface area contributed by atoms with Crippen LogP contribution >= 0.6 is 11.8 Å². The van der Waals surface area contributed by atoms with Crippen LogP contribution in [0.1, 0.15) is 42.2 Å². The third-order valence-electron chi connectivity index (χ3n) is 3.76. The highest BCUT2D eigenvalue weighted by molar-refractivity contribution is 7.98. The first-order valence-electron chi connectivity index (χ1n) is 8.51. The summed E-state index contributed by atoms with van der Waals surface area (Å²) in [5, 5.41) is 3.55. The molecule has 2 rings (SSSR count). The fraction of sp³-hybridized carbons (Fsp3) is 0.350. The first-order valence-corrected chi connectivity index (χ1v) is 9.74. The van der Waals surface area contributed by atoms with Gasteiger partial charge in [0.25, 0.3) is 5.91 Å². The van der Waals surface area contributed by atoms with Gasteiger partial charge in [-0.3, -0.25) is 4.79 Å². The maximum Gasteiger partial charge on any atom is 0.341 e. The zero-order valence-corrected chi connectivity index (χ0v) is 16.1. The fourth-order valence-electron chi connectivity index (χ4n) is 2.59. The van der Waals surface area contributed by atoms with Gasteiger partial charge in [-0.2, -0.15) is 0 Å². The molecule has 0 aliphatic heterocycles. The van der Waals surface area contributed by atoms with Crippen molar-refractivity contribution in [1.29, 1.82) is 0 Å². The quantitative estimate of drug-likeness (QED) is 0.563. The van der Waals surface area contributed by atoms with E-state index < -0.39 is 5.97 Å². The Balaban J connectivity index is 1.96. The van der Waals surface area contributed by atoms with Gasteiger partial charge in [0.05, 0.1) is 11.6 Å². The Labute approximate surface area is 158 Å². The monoisotopic (exact) mass is 372 g/mol. The summed E-state index contributed by atoms with van der Waals surface area (Å²) in [6.45, 7) is 3.89. The van der Waals surface area contributed by atoms with Crippen molar-refractivity contribution in [2.24, 2.45) is 5.92 Å². The van der Waals surface area contributed by atoms with Crippen molar-refractivity contribution in [3.63, 3.8) is 0 Å². The molecule has 6 heteroatoms. The number of nitrogens with zero attached hydrogens (tertiary/aromatic N) is 1. The Bertz CT molecular complexity index is 735. The maximum absolute atomic E-state index is 12.3. The SMILES string of the molecule is CSc1ncccc1C(=O)OCC(=O)N[C@H](CC(C)C)c1ccccc1. The fourth-order valence-corrected chi connectivity index (χ4v) is 3.13. The maximum atomic E-state index is 12.3. The lowest BCUT2D eigenvalue weighted by atomic mass is 9.97. The highest BCUT2D eigenvalue weighted by atomic mass is 32.2. The van der Waals surface area contributed by atoms with Gasteiger partial charge in [-0.25, -0.2) is 9.78 Å². The van der Waals surface area contributed by atoms with Gasteiger partial charge in [-0.15, -0.1) is 11.8 Å². The molecule has 0 fully saturated rings. The highest BCUT2D eigenvalue weighted by Gasteiger charge is 2.18. The van der Waals surface area contributed by atoms with E-state index in [1.54, 1.807) is 18.3 Å². The van der Waals surface area contributed by atoms with Crippen molar-refractivity contribution < 1.29 is 14.3 Å². The van der Waals surface area contributed by atoms with E-state index in [1.165, 1.54) is 11.8 Å². The molecule has 1 atom stereocenters. The molecule has 1 N–H and O–H groups in total. The molecular formula is C20H24N2O3S. The van der Waals surface area contributed by atoms with Crippen LogP contribution in [0.3, 0.4) is 0 Å². The van der Waals surface area contributed by atoms with E-state index in [1.807, 2.05) is 36.6 Å². The van der Waals surface area contributed by atoms with Crippen molar-refractivity contribution >= 4 is 23.6 Å². The number of carbonyl (C=O) groups excluding carboxylic acids is 2. The zero-order valence-electron chi connectivity index (χ0n) is 15.3. The predicted octanol–water partition coefficient (Wildman–Crippen LogP) is 3.86. The number of aromatic nitrogens is 1. The van der Waals surface area contributed by atoms with Crippen LogP contribution in [0.2, 0.25) is 0 Å². The minimum atomic E-state index is -0.544. The molecule has 0 bridgehead atoms. The Morgan fingerprint density at radius 3 is 2.54 bits per heavy atom. The number of esters is 1. The molecule has 1 aromatic heterocycles. The second-order valence-electron chi connectivity index (χ2n) is 6.30. The third kappa shape index (κ3) is 5.88. The Morgan fingerprint density at radius 2 is 1.88 bits per heavy atom. The predicted molar refractivity (Wildman–Crippen MR) is 103 cm³/mol. The topological polar surface area (TPSA) is 68.3 Å². The van der Waals surface area contributed by atoms with Gasteiger partial charge >= 0.3 is 5.97 Å². The van der Waals surface area contributed by atoms with Crippen LogP contribution in [0.25, 0.3) is 0 Å². The highest BCUT2D eigenvalue weighted by Crippen LogP contribution is 2.21. The number of rotatable bonds is 8. The van der Waals surface area contributed by atoms with E-state index in [9.17, 15) is 9.59 Å². The summed E-state index contributed by atoms with van der Waals surface area (Å²) < 4.78 is 5.17. The molecule has 0 radical (unpaired) electrons. The Morgan fingerprint density at radius 1 is 1.15 bits per heavy atom. The van der Waals surface area contributed by atoms with E-state index in [-0.39, 0.29) is 18.6 Å². The van der Waals surface area contributed by atoms with Crippen molar-refractivity contribution in [2.45, 2.75) is 31.3 Å². The second-order valence-corrected chi connectivity index (χ2v) is 7.09. The minimum Gasteiger partial charge on any atom is -0.452 e. The van der Waals surface area contributed by atoms with Gasteiger partial charge in [-0.05, 0) is 36.3 Å². The molecule has 1 amide bonds. The summed E-state index contributed by atoms with van der Waals surface area (Å²) >= 11 is 1.36. The molecule has 5 nitrogen and oxygen atoms in total. The molecule has 0 saturated carbocycles. The van der Waals surface area contributed by atoms with E-state index in [2.05, 4.69) is 24.1 Å². The van der Waals surface area contributed by atoms with E-state index in [0.717, 1.165) is 12.0 Å². The van der Waals surface area contributed by atoms with E-state index >= 15 is 0 Å². The Hall–Kier alpha value is -2.34. The minimum absolute atomic E-state index is 0.109. The molecular weight excluding hydrogens is 348 g/mol. The average molecular weight is 372 g/mol. The summed E-state index contributed by atoms with van der Waals surface area (Å²) in [6, 6.07) is 13.0. The van der Waals surface area contributed by atoms with Crippen LogP contribution in [0.5, 0.6) is 0 Å². The van der Waals surface area contributed by atoms with Crippen LogP contribution < -0.4 is 5.32 Å². The first kappa shape index (κ1) is 20.0. The summed E-state index contributed by atoms with van der Waals surface area (Å²) in [5.41, 5.74) is 1.41. The molecule has 0 unspecified atom stereocenters. The lowest BCUT2D eigenvalue weighted by Gasteiger charge is -2.21. The van der Waals surface area contributed by atoms with Gasteiger partial charge in [0.1, 0.15) is 5.03 Å². The van der Waals surface area contributed by atoms with Crippen molar-refractivity contribution in [2.75, 3.05) is 12.9 Å². The number of benzene rings is 1. The molecule has 0 aliphatic carbocycles. The lowest BCUT2D eigenvalue weighted by molar-refractivity contribution is -0.125. The molecule has 26 heavy (non-hydrogen) atoms. The second kappa shape index (κ2) is 9.97. The average Bonchev–Trinajstić information content (AvgIpc) is 2.66. The summed E-state index contributed by atoms with van der Waals surface area (Å²) in [5.74, 6) is -0.442. The van der Waals surface area contributed by atoms with Gasteiger partial charge in [-0.1, -0.05) is 44.2 Å². The number of pyridine rings is 1. The van der Waals surface area contributed by atoms with Crippen LogP contribution in [-0.2, 0) is 9.53 Å². The number of nitrogens with one attached hydrogen (secondary N) is 1. The normalized spacial score (nSPS) is 11.8. The standard InChI is InChI=1S/C20H24N2O3S/c1-14(2)12-17(15-8-5-4-6-9-15)22-18(23)13-25-20(24)16-10-7-11-21-19(16)26-3/h4-11,14,17H,12-13H2,1-3H3,(H,22,23)/t17-/m1/s1. The zero-order chi connectivity index (χ0) is 18.9.